The SMILES string of the molecule is COc1cc2c(cc1OC)C1=NCCN1C(=CC(=O)c1sc(C)nc1C)N2. The molecule has 0 bridgehead atoms. The lowest BCUT2D eigenvalue weighted by Crippen LogP contribution is -2.36. The first-order valence-electron chi connectivity index (χ1n) is 8.57. The van der Waals surface area contributed by atoms with Crippen molar-refractivity contribution >= 4 is 28.6 Å². The van der Waals surface area contributed by atoms with Gasteiger partial charge in [-0.2, -0.15) is 0 Å². The van der Waals surface area contributed by atoms with Gasteiger partial charge in [-0.05, 0) is 19.9 Å². The third kappa shape index (κ3) is 2.95. The van der Waals surface area contributed by atoms with E-state index in [9.17, 15) is 4.79 Å². The fourth-order valence-electron chi connectivity index (χ4n) is 3.35. The average molecular weight is 384 g/mol. The number of nitrogens with one attached hydrogen (secondary N) is 1. The Bertz CT molecular complexity index is 993. The Morgan fingerprint density at radius 3 is 2.67 bits per heavy atom. The van der Waals surface area contributed by atoms with Crippen LogP contribution in [-0.4, -0.2) is 48.8 Å². The molecule has 0 aliphatic carbocycles. The van der Waals surface area contributed by atoms with E-state index in [0.29, 0.717) is 28.7 Å². The number of methoxy groups -OCH3 is 2. The number of ketones is 1. The molecule has 0 atom stereocenters. The minimum Gasteiger partial charge on any atom is -0.493 e. The fraction of sp³-hybridized carbons (Fsp3) is 0.316. The van der Waals surface area contributed by atoms with Gasteiger partial charge in [0, 0.05) is 24.3 Å². The highest BCUT2D eigenvalue weighted by atomic mass is 32.1. The van der Waals surface area contributed by atoms with Crippen LogP contribution in [0, 0.1) is 13.8 Å². The van der Waals surface area contributed by atoms with Gasteiger partial charge >= 0.3 is 0 Å². The number of aryl methyl sites for hydroxylation is 2. The molecule has 3 heterocycles. The number of amidine groups is 1. The highest BCUT2D eigenvalue weighted by molar-refractivity contribution is 7.13. The molecule has 0 radical (unpaired) electrons. The zero-order chi connectivity index (χ0) is 19.1. The lowest BCUT2D eigenvalue weighted by Gasteiger charge is -2.31. The predicted molar refractivity (Wildman–Crippen MR) is 105 cm³/mol. The van der Waals surface area contributed by atoms with Crippen LogP contribution in [-0.2, 0) is 0 Å². The molecule has 2 aromatic rings. The van der Waals surface area contributed by atoms with E-state index in [1.54, 1.807) is 20.3 Å². The molecule has 7 nitrogen and oxygen atoms in total. The van der Waals surface area contributed by atoms with Crippen LogP contribution in [0.3, 0.4) is 0 Å². The predicted octanol–water partition coefficient (Wildman–Crippen LogP) is 2.99. The molecule has 27 heavy (non-hydrogen) atoms. The minimum absolute atomic E-state index is 0.0595. The Morgan fingerprint density at radius 2 is 2.00 bits per heavy atom. The first-order valence-corrected chi connectivity index (χ1v) is 9.39. The number of carbonyl (C=O) groups is 1. The molecular weight excluding hydrogens is 364 g/mol. The van der Waals surface area contributed by atoms with Crippen molar-refractivity contribution in [2.75, 3.05) is 32.6 Å². The van der Waals surface area contributed by atoms with Gasteiger partial charge in [-0.1, -0.05) is 0 Å². The molecular formula is C19H20N4O3S. The van der Waals surface area contributed by atoms with E-state index in [2.05, 4.69) is 15.3 Å². The second kappa shape index (κ2) is 6.70. The minimum atomic E-state index is -0.0595. The summed E-state index contributed by atoms with van der Waals surface area (Å²) in [7, 11) is 3.21. The largest absolute Gasteiger partial charge is 0.493 e. The normalized spacial score (nSPS) is 16.5. The van der Waals surface area contributed by atoms with Crippen LogP contribution in [0.4, 0.5) is 5.69 Å². The summed E-state index contributed by atoms with van der Waals surface area (Å²) in [4.78, 5) is 24.5. The number of anilines is 1. The second-order valence-corrected chi connectivity index (χ2v) is 7.48. The van der Waals surface area contributed by atoms with Crippen molar-refractivity contribution < 1.29 is 14.3 Å². The van der Waals surface area contributed by atoms with E-state index in [1.807, 2.05) is 30.9 Å². The smallest absolute Gasteiger partial charge is 0.201 e. The number of nitrogens with zero attached hydrogens (tertiary/aromatic N) is 3. The third-order valence-corrected chi connectivity index (χ3v) is 5.64. The monoisotopic (exact) mass is 384 g/mol. The maximum absolute atomic E-state index is 12.8. The van der Waals surface area contributed by atoms with Crippen molar-refractivity contribution in [3.05, 3.63) is 45.2 Å². The van der Waals surface area contributed by atoms with E-state index >= 15 is 0 Å². The molecule has 0 saturated carbocycles. The number of aromatic nitrogens is 1. The van der Waals surface area contributed by atoms with Gasteiger partial charge in [0.25, 0.3) is 0 Å². The summed E-state index contributed by atoms with van der Waals surface area (Å²) < 4.78 is 10.8. The quantitative estimate of drug-likeness (QED) is 0.645. The molecule has 1 N–H and O–H groups in total. The third-order valence-electron chi connectivity index (χ3n) is 4.55. The Hall–Kier alpha value is -2.87. The van der Waals surface area contributed by atoms with Crippen LogP contribution < -0.4 is 14.8 Å². The molecule has 0 spiro atoms. The van der Waals surface area contributed by atoms with Crippen molar-refractivity contribution in [3.8, 4) is 11.5 Å². The Kier molecular flexibility index (Phi) is 4.35. The first-order chi connectivity index (χ1) is 13.0. The van der Waals surface area contributed by atoms with E-state index in [4.69, 9.17) is 9.47 Å². The van der Waals surface area contributed by atoms with Crippen LogP contribution in [0.5, 0.6) is 11.5 Å². The van der Waals surface area contributed by atoms with Crippen molar-refractivity contribution in [2.45, 2.75) is 13.8 Å². The van der Waals surface area contributed by atoms with Crippen LogP contribution in [0.2, 0.25) is 0 Å². The van der Waals surface area contributed by atoms with Gasteiger partial charge in [0.1, 0.15) is 11.7 Å². The number of hydrogen-bond donors (Lipinski definition) is 1. The van der Waals surface area contributed by atoms with E-state index < -0.39 is 0 Å². The number of aliphatic imine (C=N–C) groups is 1. The molecule has 0 amide bonds. The molecule has 0 unspecified atom stereocenters. The van der Waals surface area contributed by atoms with Gasteiger partial charge in [0.2, 0.25) is 5.78 Å². The average Bonchev–Trinajstić information content (AvgIpc) is 3.27. The number of carbonyl (C=O) groups excluding carboxylic acids is 1. The summed E-state index contributed by atoms with van der Waals surface area (Å²) in [5.74, 6) is 2.75. The number of allylic oxidation sites excluding steroid dienone is 1. The van der Waals surface area contributed by atoms with Crippen LogP contribution in [0.15, 0.2) is 29.0 Å². The van der Waals surface area contributed by atoms with Gasteiger partial charge in [-0.3, -0.25) is 9.79 Å². The number of ether oxygens (including phenoxy) is 2. The van der Waals surface area contributed by atoms with Crippen molar-refractivity contribution in [1.29, 1.82) is 0 Å². The molecule has 0 fully saturated rings. The highest BCUT2D eigenvalue weighted by Crippen LogP contribution is 2.38. The topological polar surface area (TPSA) is 76.1 Å². The fourth-order valence-corrected chi connectivity index (χ4v) is 4.18. The van der Waals surface area contributed by atoms with Gasteiger partial charge in [-0.15, -0.1) is 11.3 Å². The van der Waals surface area contributed by atoms with Gasteiger partial charge < -0.3 is 19.7 Å². The number of rotatable bonds is 4. The van der Waals surface area contributed by atoms with Crippen molar-refractivity contribution in [1.82, 2.24) is 9.88 Å². The summed E-state index contributed by atoms with van der Waals surface area (Å²) in [5, 5.41) is 4.24. The highest BCUT2D eigenvalue weighted by Gasteiger charge is 2.31. The van der Waals surface area contributed by atoms with Gasteiger partial charge in [0.05, 0.1) is 42.0 Å². The molecule has 1 aromatic carbocycles. The summed E-state index contributed by atoms with van der Waals surface area (Å²) in [6, 6.07) is 3.78. The zero-order valence-corrected chi connectivity index (χ0v) is 16.4. The number of benzene rings is 1. The Labute approximate surface area is 161 Å². The van der Waals surface area contributed by atoms with Gasteiger partial charge in [-0.25, -0.2) is 4.98 Å². The molecule has 8 heteroatoms. The van der Waals surface area contributed by atoms with Crippen LogP contribution in [0.1, 0.15) is 25.9 Å². The molecule has 4 rings (SSSR count). The first kappa shape index (κ1) is 17.5. The molecule has 140 valence electrons. The second-order valence-electron chi connectivity index (χ2n) is 6.28. The van der Waals surface area contributed by atoms with Crippen molar-refractivity contribution in [2.24, 2.45) is 4.99 Å². The van der Waals surface area contributed by atoms with Crippen LogP contribution in [0.25, 0.3) is 0 Å². The van der Waals surface area contributed by atoms with Gasteiger partial charge in [0.15, 0.2) is 11.5 Å². The van der Waals surface area contributed by atoms with E-state index in [0.717, 1.165) is 34.3 Å². The van der Waals surface area contributed by atoms with E-state index in [-0.39, 0.29) is 5.78 Å². The number of fused-ring (bicyclic) bond motifs is 3. The Morgan fingerprint density at radius 1 is 1.26 bits per heavy atom. The molecule has 0 saturated heterocycles. The number of thiazole rings is 1. The van der Waals surface area contributed by atoms with Crippen molar-refractivity contribution in [3.63, 3.8) is 0 Å². The standard InChI is InChI=1S/C19H20N4O3S/c1-10-18(27-11(2)21-10)14(24)9-17-22-13-8-16(26-4)15(25-3)7-12(13)19-20-5-6-23(17)19/h7-9,22H,5-6H2,1-4H3. The maximum Gasteiger partial charge on any atom is 0.201 e. The summed E-state index contributed by atoms with van der Waals surface area (Å²) in [5.41, 5.74) is 2.53. The summed E-state index contributed by atoms with van der Waals surface area (Å²) in [6.45, 7) is 5.16. The lowest BCUT2D eigenvalue weighted by molar-refractivity contribution is 0.104. The lowest BCUT2D eigenvalue weighted by atomic mass is 10.1. The van der Waals surface area contributed by atoms with Crippen LogP contribution >= 0.6 is 11.3 Å². The zero-order valence-electron chi connectivity index (χ0n) is 15.6. The number of hydrogen-bond acceptors (Lipinski definition) is 8. The van der Waals surface area contributed by atoms with E-state index in [1.165, 1.54) is 11.3 Å². The maximum atomic E-state index is 12.8. The summed E-state index contributed by atoms with van der Waals surface area (Å²) in [6.07, 6.45) is 1.63. The molecule has 2 aliphatic heterocycles. The Balaban J connectivity index is 1.76. The molecule has 2 aliphatic rings. The summed E-state index contributed by atoms with van der Waals surface area (Å²) >= 11 is 1.41. The molecule has 1 aromatic heterocycles.